The molecular formula is C20H38N4O. The highest BCUT2D eigenvalue weighted by Crippen LogP contribution is 2.23. The van der Waals surface area contributed by atoms with Crippen LogP contribution >= 0.6 is 0 Å². The predicted molar refractivity (Wildman–Crippen MR) is 103 cm³/mol. The Morgan fingerprint density at radius 3 is 2.20 bits per heavy atom. The van der Waals surface area contributed by atoms with E-state index in [0.717, 1.165) is 76.7 Å². The summed E-state index contributed by atoms with van der Waals surface area (Å²) in [6.07, 6.45) is 7.03. The largest absolute Gasteiger partial charge is 0.340 e. The molecule has 3 fully saturated rings. The highest BCUT2D eigenvalue weighted by molar-refractivity contribution is 5.76. The summed E-state index contributed by atoms with van der Waals surface area (Å²) in [5.41, 5.74) is 0. The van der Waals surface area contributed by atoms with Crippen LogP contribution < -0.4 is 5.32 Å². The van der Waals surface area contributed by atoms with Crippen LogP contribution in [0.4, 0.5) is 0 Å². The third kappa shape index (κ3) is 5.41. The molecule has 3 aliphatic rings. The molecule has 1 amide bonds. The van der Waals surface area contributed by atoms with E-state index in [1.165, 1.54) is 32.2 Å². The first-order valence-electron chi connectivity index (χ1n) is 10.6. The molecule has 5 nitrogen and oxygen atoms in total. The molecule has 3 heterocycles. The van der Waals surface area contributed by atoms with Crippen molar-refractivity contribution in [3.8, 4) is 0 Å². The van der Waals surface area contributed by atoms with Gasteiger partial charge < -0.3 is 10.2 Å². The van der Waals surface area contributed by atoms with Crippen molar-refractivity contribution in [2.75, 3.05) is 52.4 Å². The van der Waals surface area contributed by atoms with Crippen LogP contribution in [-0.2, 0) is 4.79 Å². The number of likely N-dealkylation sites (tertiary alicyclic amines) is 1. The molecule has 0 aliphatic carbocycles. The van der Waals surface area contributed by atoms with Crippen molar-refractivity contribution in [1.29, 1.82) is 0 Å². The molecule has 0 aromatic carbocycles. The fraction of sp³-hybridized carbons (Fsp3) is 0.950. The van der Waals surface area contributed by atoms with Gasteiger partial charge in [-0.1, -0.05) is 0 Å². The van der Waals surface area contributed by atoms with Gasteiger partial charge in [-0.2, -0.15) is 0 Å². The number of piperidine rings is 1. The van der Waals surface area contributed by atoms with E-state index in [4.69, 9.17) is 0 Å². The summed E-state index contributed by atoms with van der Waals surface area (Å²) in [7, 11) is 0. The van der Waals surface area contributed by atoms with E-state index in [1.54, 1.807) is 0 Å². The molecule has 0 saturated carbocycles. The van der Waals surface area contributed by atoms with Crippen LogP contribution in [0.25, 0.3) is 0 Å². The van der Waals surface area contributed by atoms with Crippen LogP contribution in [0.1, 0.15) is 52.4 Å². The summed E-state index contributed by atoms with van der Waals surface area (Å²) in [5, 5.41) is 3.40. The zero-order valence-electron chi connectivity index (χ0n) is 16.4. The zero-order valence-corrected chi connectivity index (χ0v) is 16.4. The van der Waals surface area contributed by atoms with Gasteiger partial charge >= 0.3 is 0 Å². The Balaban J connectivity index is 1.31. The Morgan fingerprint density at radius 2 is 1.56 bits per heavy atom. The molecule has 5 heteroatoms. The lowest BCUT2D eigenvalue weighted by Crippen LogP contribution is -2.50. The van der Waals surface area contributed by atoms with Crippen molar-refractivity contribution in [3.63, 3.8) is 0 Å². The van der Waals surface area contributed by atoms with E-state index in [1.807, 2.05) is 0 Å². The average Bonchev–Trinajstić information content (AvgIpc) is 2.97. The lowest BCUT2D eigenvalue weighted by molar-refractivity contribution is -0.133. The van der Waals surface area contributed by atoms with E-state index in [0.29, 0.717) is 5.91 Å². The van der Waals surface area contributed by atoms with E-state index in [2.05, 4.69) is 33.9 Å². The Hall–Kier alpha value is -0.650. The number of nitrogens with zero attached hydrogens (tertiary/aromatic N) is 3. The molecule has 0 radical (unpaired) electrons. The van der Waals surface area contributed by atoms with Crippen LogP contribution in [0.15, 0.2) is 0 Å². The number of nitrogens with one attached hydrogen (secondary N) is 1. The molecular weight excluding hydrogens is 312 g/mol. The summed E-state index contributed by atoms with van der Waals surface area (Å²) in [4.78, 5) is 19.8. The first kappa shape index (κ1) is 19.1. The van der Waals surface area contributed by atoms with Crippen molar-refractivity contribution >= 4 is 5.91 Å². The molecule has 0 aromatic heterocycles. The normalized spacial score (nSPS) is 30.1. The molecule has 2 atom stereocenters. The van der Waals surface area contributed by atoms with E-state index < -0.39 is 0 Å². The van der Waals surface area contributed by atoms with Gasteiger partial charge in [0.1, 0.15) is 0 Å². The number of amides is 1. The SMILES string of the molecule is C[C@@H]1CC[C@@H](C)N1CCN1CCN(C(=O)CCC2CCNCC2)CC1. The Kier molecular flexibility index (Phi) is 7.14. The Bertz CT molecular complexity index is 406. The van der Waals surface area contributed by atoms with Gasteiger partial charge in [0, 0.05) is 57.8 Å². The molecule has 1 N–H and O–H groups in total. The number of hydrogen-bond acceptors (Lipinski definition) is 4. The van der Waals surface area contributed by atoms with E-state index in [9.17, 15) is 4.79 Å². The van der Waals surface area contributed by atoms with Crippen molar-refractivity contribution in [3.05, 3.63) is 0 Å². The van der Waals surface area contributed by atoms with Crippen LogP contribution in [0.3, 0.4) is 0 Å². The van der Waals surface area contributed by atoms with Crippen molar-refractivity contribution in [1.82, 2.24) is 20.0 Å². The second kappa shape index (κ2) is 9.33. The van der Waals surface area contributed by atoms with Gasteiger partial charge in [0.15, 0.2) is 0 Å². The van der Waals surface area contributed by atoms with Crippen LogP contribution in [0.2, 0.25) is 0 Å². The van der Waals surface area contributed by atoms with Gasteiger partial charge in [0.05, 0.1) is 0 Å². The molecule has 0 spiro atoms. The lowest BCUT2D eigenvalue weighted by Gasteiger charge is -2.36. The van der Waals surface area contributed by atoms with Gasteiger partial charge in [0.2, 0.25) is 5.91 Å². The third-order valence-corrected chi connectivity index (χ3v) is 6.76. The predicted octanol–water partition coefficient (Wildman–Crippen LogP) is 1.78. The van der Waals surface area contributed by atoms with Gasteiger partial charge in [-0.15, -0.1) is 0 Å². The van der Waals surface area contributed by atoms with Gasteiger partial charge in [0.25, 0.3) is 0 Å². The van der Waals surface area contributed by atoms with Crippen LogP contribution in [0.5, 0.6) is 0 Å². The molecule has 3 rings (SSSR count). The van der Waals surface area contributed by atoms with Crippen LogP contribution in [0, 0.1) is 5.92 Å². The number of rotatable bonds is 6. The maximum absolute atomic E-state index is 12.5. The monoisotopic (exact) mass is 350 g/mol. The topological polar surface area (TPSA) is 38.8 Å². The standard InChI is InChI=1S/C20H38N4O/c1-17-3-4-18(2)24(17)16-13-22-11-14-23(15-12-22)20(25)6-5-19-7-9-21-10-8-19/h17-19,21H,3-16H2,1-2H3/t17-,18-/m1/s1. The quantitative estimate of drug-likeness (QED) is 0.793. The van der Waals surface area contributed by atoms with Crippen molar-refractivity contribution < 1.29 is 4.79 Å². The average molecular weight is 351 g/mol. The van der Waals surface area contributed by atoms with E-state index >= 15 is 0 Å². The molecule has 25 heavy (non-hydrogen) atoms. The second-order valence-electron chi connectivity index (χ2n) is 8.47. The maximum atomic E-state index is 12.5. The molecule has 0 bridgehead atoms. The fourth-order valence-electron chi connectivity index (χ4n) is 4.82. The van der Waals surface area contributed by atoms with Crippen molar-refractivity contribution in [2.24, 2.45) is 5.92 Å². The minimum atomic E-state index is 0.389. The Labute approximate surface area is 154 Å². The maximum Gasteiger partial charge on any atom is 0.222 e. The zero-order chi connectivity index (χ0) is 17.6. The third-order valence-electron chi connectivity index (χ3n) is 6.76. The minimum Gasteiger partial charge on any atom is -0.340 e. The lowest BCUT2D eigenvalue weighted by atomic mass is 9.93. The summed E-state index contributed by atoms with van der Waals surface area (Å²) in [5.74, 6) is 1.15. The van der Waals surface area contributed by atoms with Crippen LogP contribution in [-0.4, -0.2) is 85.0 Å². The highest BCUT2D eigenvalue weighted by Gasteiger charge is 2.28. The highest BCUT2D eigenvalue weighted by atomic mass is 16.2. The Morgan fingerprint density at radius 1 is 0.920 bits per heavy atom. The number of carbonyl (C=O) groups is 1. The first-order valence-corrected chi connectivity index (χ1v) is 10.6. The molecule has 0 aromatic rings. The minimum absolute atomic E-state index is 0.389. The smallest absolute Gasteiger partial charge is 0.222 e. The molecule has 0 unspecified atom stereocenters. The first-order chi connectivity index (χ1) is 12.1. The molecule has 144 valence electrons. The van der Waals surface area contributed by atoms with Crippen molar-refractivity contribution in [2.45, 2.75) is 64.5 Å². The summed E-state index contributed by atoms with van der Waals surface area (Å²) < 4.78 is 0. The van der Waals surface area contributed by atoms with E-state index in [-0.39, 0.29) is 0 Å². The summed E-state index contributed by atoms with van der Waals surface area (Å²) >= 11 is 0. The molecule has 3 aliphatic heterocycles. The second-order valence-corrected chi connectivity index (χ2v) is 8.47. The van der Waals surface area contributed by atoms with Gasteiger partial charge in [-0.05, 0) is 65.0 Å². The van der Waals surface area contributed by atoms with Gasteiger partial charge in [-0.3, -0.25) is 14.6 Å². The summed E-state index contributed by atoms with van der Waals surface area (Å²) in [6.45, 7) is 13.3. The fourth-order valence-corrected chi connectivity index (χ4v) is 4.82. The summed E-state index contributed by atoms with van der Waals surface area (Å²) in [6, 6.07) is 1.49. The number of hydrogen-bond donors (Lipinski definition) is 1. The number of piperazine rings is 1. The molecule has 3 saturated heterocycles. The van der Waals surface area contributed by atoms with Gasteiger partial charge in [-0.25, -0.2) is 0 Å². The number of carbonyl (C=O) groups excluding carboxylic acids is 1.